The maximum atomic E-state index is 14.9. The number of hydrogen-bond donors (Lipinski definition) is 5. The minimum Gasteiger partial charge on any atom is -0.491 e. The fourth-order valence-corrected chi connectivity index (χ4v) is 10.8. The molecule has 5 amide bonds. The van der Waals surface area contributed by atoms with Crippen LogP contribution in [0, 0.1) is 24.6 Å². The number of aryl methyl sites for hydroxylation is 2. The van der Waals surface area contributed by atoms with Gasteiger partial charge in [-0.2, -0.15) is 0 Å². The Kier molecular flexibility index (Phi) is 22.9. The molecule has 0 radical (unpaired) electrons. The van der Waals surface area contributed by atoms with E-state index >= 15 is 0 Å². The van der Waals surface area contributed by atoms with Gasteiger partial charge in [0, 0.05) is 48.6 Å². The maximum Gasteiger partial charge on any atom is 0.355 e. The van der Waals surface area contributed by atoms with Crippen LogP contribution in [0.1, 0.15) is 85.7 Å². The van der Waals surface area contributed by atoms with Crippen molar-refractivity contribution in [2.45, 2.75) is 57.9 Å². The molecule has 84 heavy (non-hydrogen) atoms. The summed E-state index contributed by atoms with van der Waals surface area (Å²) in [6.45, 7) is 6.07. The fourth-order valence-electron chi connectivity index (χ4n) is 8.82. The molecule has 2 aliphatic heterocycles. The highest BCUT2D eigenvalue weighted by atomic mass is 32.1. The number of para-hydroxylation sites is 1. The number of fused-ring (bicyclic) bond motifs is 2. The van der Waals surface area contributed by atoms with Gasteiger partial charge in [-0.05, 0) is 107 Å². The van der Waals surface area contributed by atoms with Crippen LogP contribution in [-0.4, -0.2) is 176 Å². The summed E-state index contributed by atoms with van der Waals surface area (Å²) in [7, 11) is 3.80. The standard InChI is InChI=1S/C58H66FN11O12S2/c1-37-35-47(66-67-52(37)65-57-62-41-13-4-5-15-45(41)83-57)69(58-64-51(56(76)77)46(84-58)16-10-26-82-44-19-17-38(36-40(44)59)11-9-24-68(2)3)25-7-6-22-61-48(71)21-27-78-29-31-80-33-34-81-32-30-79-28-23-60-42-14-8-12-39-50(42)55(75)70(54(39)74)43-18-20-49(72)63-53(43)73/h4-5,8,12-15,17,19,35-36,43,60H,6-7,10,16,18,20-34H2,1-3H3,(H,61,71)(H,76,77)(H,62,65,67)(H,63,72,73). The van der Waals surface area contributed by atoms with Crippen LogP contribution in [0.25, 0.3) is 10.2 Å². The van der Waals surface area contributed by atoms with Gasteiger partial charge in [-0.3, -0.25) is 39.1 Å². The third-order valence-electron chi connectivity index (χ3n) is 13.0. The summed E-state index contributed by atoms with van der Waals surface area (Å²) >= 11 is 2.72. The summed E-state index contributed by atoms with van der Waals surface area (Å²) in [5.41, 5.74) is 2.89. The predicted octanol–water partition coefficient (Wildman–Crippen LogP) is 6.36. The van der Waals surface area contributed by atoms with Gasteiger partial charge in [-0.1, -0.05) is 41.4 Å². The average Bonchev–Trinajstić information content (AvgIpc) is 2.46. The molecule has 8 rings (SSSR count). The van der Waals surface area contributed by atoms with Crippen LogP contribution >= 0.6 is 22.7 Å². The topological polar surface area (TPSA) is 278 Å². The quantitative estimate of drug-likeness (QED) is 0.0170. The molecule has 5 heterocycles. The molecular formula is C58H66FN11O12S2. The predicted molar refractivity (Wildman–Crippen MR) is 313 cm³/mol. The number of aromatic carboxylic acids is 1. The molecule has 1 saturated heterocycles. The first-order valence-corrected chi connectivity index (χ1v) is 29.1. The number of unbranched alkanes of at least 4 members (excludes halogenated alkanes) is 1. The minimum atomic E-state index is -1.18. The molecule has 1 atom stereocenters. The average molecular weight is 1190 g/mol. The van der Waals surface area contributed by atoms with E-state index in [1.807, 2.05) is 61.2 Å². The SMILES string of the molecule is Cc1cc(N(CCCCNC(=O)CCOCCOCCOCCOCCNc2cccc3c2C(=O)N(C2CCC(=O)NC2=O)C3=O)c2nc(C(=O)O)c(CCCOc3ccc(C#CCN(C)C)cc3F)s2)nnc1Nc1nc2ccccc2s1. The van der Waals surface area contributed by atoms with Crippen molar-refractivity contribution < 1.29 is 61.9 Å². The number of carbonyl (C=O) groups is 6. The Morgan fingerprint density at radius 3 is 2.33 bits per heavy atom. The van der Waals surface area contributed by atoms with Crippen molar-refractivity contribution in [2.75, 3.05) is 115 Å². The number of benzene rings is 3. The van der Waals surface area contributed by atoms with Crippen molar-refractivity contribution in [3.05, 3.63) is 105 Å². The van der Waals surface area contributed by atoms with Crippen molar-refractivity contribution in [3.8, 4) is 17.6 Å². The number of ether oxygens (including phenoxy) is 5. The Morgan fingerprint density at radius 1 is 0.845 bits per heavy atom. The molecule has 5 N–H and O–H groups in total. The zero-order valence-electron chi connectivity index (χ0n) is 46.8. The molecule has 3 aromatic carbocycles. The summed E-state index contributed by atoms with van der Waals surface area (Å²) in [6, 6.07) is 18.0. The van der Waals surface area contributed by atoms with Crippen LogP contribution in [0.5, 0.6) is 5.75 Å². The number of amides is 5. The number of piperidine rings is 1. The number of rotatable bonds is 33. The zero-order chi connectivity index (χ0) is 59.4. The van der Waals surface area contributed by atoms with Crippen LogP contribution in [0.4, 0.5) is 32.0 Å². The number of carbonyl (C=O) groups excluding carboxylic acids is 5. The molecule has 0 bridgehead atoms. The fraction of sp³-hybridized carbons (Fsp3) is 0.414. The van der Waals surface area contributed by atoms with Gasteiger partial charge in [0.2, 0.25) is 17.7 Å². The van der Waals surface area contributed by atoms with E-state index in [1.165, 1.54) is 40.9 Å². The highest BCUT2D eigenvalue weighted by molar-refractivity contribution is 7.22. The van der Waals surface area contributed by atoms with Crippen molar-refractivity contribution in [1.29, 1.82) is 0 Å². The summed E-state index contributed by atoms with van der Waals surface area (Å²) in [6.07, 6.45) is 2.15. The number of hydrogen-bond acceptors (Lipinski definition) is 21. The molecule has 0 spiro atoms. The van der Waals surface area contributed by atoms with Crippen LogP contribution in [0.3, 0.4) is 0 Å². The lowest BCUT2D eigenvalue weighted by atomic mass is 10.0. The normalized spacial score (nSPS) is 13.9. The molecule has 1 unspecified atom stereocenters. The molecule has 3 aromatic heterocycles. The minimum absolute atomic E-state index is 0.0403. The second kappa shape index (κ2) is 31.0. The number of nitrogens with zero attached hydrogens (tertiary/aromatic N) is 7. The van der Waals surface area contributed by atoms with Gasteiger partial charge >= 0.3 is 5.97 Å². The van der Waals surface area contributed by atoms with Crippen molar-refractivity contribution >= 4 is 96.0 Å². The molecule has 0 aliphatic carbocycles. The number of imide groups is 2. The molecule has 1 fully saturated rings. The maximum absolute atomic E-state index is 14.9. The molecule has 23 nitrogen and oxygen atoms in total. The second-order valence-electron chi connectivity index (χ2n) is 19.6. The monoisotopic (exact) mass is 1190 g/mol. The summed E-state index contributed by atoms with van der Waals surface area (Å²) in [5.74, 6) is 2.81. The highest BCUT2D eigenvalue weighted by Crippen LogP contribution is 2.36. The Hall–Kier alpha value is -8.03. The Balaban J connectivity index is 0.716. The third-order valence-corrected chi connectivity index (χ3v) is 15.1. The van der Waals surface area contributed by atoms with E-state index in [0.717, 1.165) is 20.7 Å². The van der Waals surface area contributed by atoms with Gasteiger partial charge in [0.1, 0.15) is 6.04 Å². The molecule has 6 aromatic rings. The number of thiazole rings is 2. The lowest BCUT2D eigenvalue weighted by molar-refractivity contribution is -0.136. The van der Waals surface area contributed by atoms with E-state index in [1.54, 1.807) is 18.2 Å². The van der Waals surface area contributed by atoms with Crippen LogP contribution in [0.2, 0.25) is 0 Å². The van der Waals surface area contributed by atoms with Crippen molar-refractivity contribution in [3.63, 3.8) is 0 Å². The number of carboxylic acids is 1. The first-order chi connectivity index (χ1) is 40.7. The van der Waals surface area contributed by atoms with E-state index in [9.17, 15) is 38.3 Å². The Bertz CT molecular complexity index is 3330. The lowest BCUT2D eigenvalue weighted by Crippen LogP contribution is -2.54. The second-order valence-corrected chi connectivity index (χ2v) is 21.7. The number of halogens is 1. The Labute approximate surface area is 492 Å². The summed E-state index contributed by atoms with van der Waals surface area (Å²) < 4.78 is 44.1. The molecule has 2 aliphatic rings. The van der Waals surface area contributed by atoms with Gasteiger partial charge in [-0.15, -0.1) is 21.5 Å². The van der Waals surface area contributed by atoms with E-state index in [-0.39, 0.29) is 61.0 Å². The zero-order valence-corrected chi connectivity index (χ0v) is 48.5. The van der Waals surface area contributed by atoms with Crippen molar-refractivity contribution in [1.82, 2.24) is 40.6 Å². The van der Waals surface area contributed by atoms with Gasteiger partial charge in [0.05, 0.1) is 87.4 Å². The van der Waals surface area contributed by atoms with Crippen LogP contribution in [-0.2, 0) is 39.8 Å². The third kappa shape index (κ3) is 17.3. The van der Waals surface area contributed by atoms with Gasteiger partial charge in [0.25, 0.3) is 11.8 Å². The van der Waals surface area contributed by atoms with E-state index in [0.29, 0.717) is 136 Å². The molecule has 0 saturated carbocycles. The summed E-state index contributed by atoms with van der Waals surface area (Å²) in [4.78, 5) is 90.0. The van der Waals surface area contributed by atoms with Crippen molar-refractivity contribution in [2.24, 2.45) is 0 Å². The number of aromatic nitrogens is 4. The van der Waals surface area contributed by atoms with Gasteiger partial charge in [0.15, 0.2) is 39.2 Å². The van der Waals surface area contributed by atoms with E-state index in [2.05, 4.69) is 53.3 Å². The first kappa shape index (κ1) is 62.0. The number of nitrogens with one attached hydrogen (secondary N) is 4. The van der Waals surface area contributed by atoms with Crippen LogP contribution in [0.15, 0.2) is 66.7 Å². The smallest absolute Gasteiger partial charge is 0.355 e. The van der Waals surface area contributed by atoms with Crippen LogP contribution < -0.4 is 30.9 Å². The van der Waals surface area contributed by atoms with Gasteiger partial charge < -0.3 is 49.6 Å². The number of anilines is 5. The largest absolute Gasteiger partial charge is 0.491 e. The van der Waals surface area contributed by atoms with Gasteiger partial charge in [-0.25, -0.2) is 19.2 Å². The molecule has 444 valence electrons. The lowest BCUT2D eigenvalue weighted by Gasteiger charge is -2.27. The first-order valence-electron chi connectivity index (χ1n) is 27.4. The van der Waals surface area contributed by atoms with E-state index in [4.69, 9.17) is 23.7 Å². The Morgan fingerprint density at radius 2 is 1.61 bits per heavy atom. The summed E-state index contributed by atoms with van der Waals surface area (Å²) in [5, 5.41) is 31.9. The highest BCUT2D eigenvalue weighted by Gasteiger charge is 2.45. The number of carboxylic acid groups (broad SMARTS) is 1. The molecule has 26 heteroatoms. The van der Waals surface area contributed by atoms with E-state index < -0.39 is 41.5 Å². The molecular weight excluding hydrogens is 1130 g/mol.